The summed E-state index contributed by atoms with van der Waals surface area (Å²) in [6.07, 6.45) is -0.780. The third-order valence-electron chi connectivity index (χ3n) is 2.16. The molecule has 0 fully saturated rings. The van der Waals surface area contributed by atoms with Crippen LogP contribution >= 0.6 is 15.9 Å². The van der Waals surface area contributed by atoms with E-state index < -0.39 is 17.9 Å². The Balaban J connectivity index is 2.56. The van der Waals surface area contributed by atoms with Crippen molar-refractivity contribution in [3.8, 4) is 6.07 Å². The van der Waals surface area contributed by atoms with Gasteiger partial charge in [0, 0.05) is 16.5 Å². The maximum atomic E-state index is 13.5. The predicted molar refractivity (Wildman–Crippen MR) is 52.6 cm³/mol. The van der Waals surface area contributed by atoms with Gasteiger partial charge < -0.3 is 4.74 Å². The summed E-state index contributed by atoms with van der Waals surface area (Å²) in [7, 11) is 0. The fourth-order valence-corrected chi connectivity index (χ4v) is 1.91. The molecule has 1 aliphatic rings. The molecule has 2 rings (SSSR count). The van der Waals surface area contributed by atoms with Gasteiger partial charge in [0.2, 0.25) is 0 Å². The second-order valence-electron chi connectivity index (χ2n) is 3.14. The van der Waals surface area contributed by atoms with Crippen LogP contribution in [0, 0.1) is 17.1 Å². The van der Waals surface area contributed by atoms with E-state index in [0.29, 0.717) is 4.47 Å². The quantitative estimate of drug-likeness (QED) is 0.679. The van der Waals surface area contributed by atoms with Crippen LogP contribution in [0.3, 0.4) is 0 Å². The molecule has 1 aromatic carbocycles. The molecule has 3 nitrogen and oxygen atoms in total. The van der Waals surface area contributed by atoms with Crippen molar-refractivity contribution in [1.82, 2.24) is 0 Å². The Hall–Kier alpha value is -1.41. The van der Waals surface area contributed by atoms with Gasteiger partial charge in [0.25, 0.3) is 0 Å². The van der Waals surface area contributed by atoms with E-state index in [0.717, 1.165) is 0 Å². The van der Waals surface area contributed by atoms with Gasteiger partial charge in [-0.25, -0.2) is 9.18 Å². The van der Waals surface area contributed by atoms with Gasteiger partial charge >= 0.3 is 5.97 Å². The van der Waals surface area contributed by atoms with Crippen molar-refractivity contribution in [3.05, 3.63) is 33.5 Å². The first-order valence-electron chi connectivity index (χ1n) is 4.20. The Kier molecular flexibility index (Phi) is 2.45. The van der Waals surface area contributed by atoms with Gasteiger partial charge in [0.05, 0.1) is 5.56 Å². The van der Waals surface area contributed by atoms with Crippen LogP contribution < -0.4 is 0 Å². The molecule has 76 valence electrons. The van der Waals surface area contributed by atoms with Crippen molar-refractivity contribution in [2.45, 2.75) is 12.5 Å². The first kappa shape index (κ1) is 10.1. The molecule has 1 aromatic rings. The maximum Gasteiger partial charge on any atom is 0.339 e. The van der Waals surface area contributed by atoms with Crippen molar-refractivity contribution in [2.24, 2.45) is 0 Å². The summed E-state index contributed by atoms with van der Waals surface area (Å²) < 4.78 is 18.7. The number of carbonyl (C=O) groups excluding carboxylic acids is 1. The fourth-order valence-electron chi connectivity index (χ4n) is 1.48. The standard InChI is InChI=1S/C10H5BrFNO2/c11-5-1-8-7(9(12)2-5)3-6(4-13)15-10(8)14/h1-2,6H,3H2. The van der Waals surface area contributed by atoms with E-state index in [1.54, 1.807) is 6.07 Å². The van der Waals surface area contributed by atoms with E-state index in [1.165, 1.54) is 12.1 Å². The van der Waals surface area contributed by atoms with Crippen molar-refractivity contribution in [3.63, 3.8) is 0 Å². The molecule has 0 bridgehead atoms. The Bertz CT molecular complexity index is 481. The molecule has 1 aliphatic heterocycles. The molecular formula is C10H5BrFNO2. The molecule has 0 radical (unpaired) electrons. The second kappa shape index (κ2) is 3.63. The largest absolute Gasteiger partial charge is 0.443 e. The van der Waals surface area contributed by atoms with Crippen LogP contribution in [0.5, 0.6) is 0 Å². The van der Waals surface area contributed by atoms with E-state index in [2.05, 4.69) is 15.9 Å². The highest BCUT2D eigenvalue weighted by Crippen LogP contribution is 2.26. The zero-order valence-corrected chi connectivity index (χ0v) is 9.04. The summed E-state index contributed by atoms with van der Waals surface area (Å²) >= 11 is 3.09. The highest BCUT2D eigenvalue weighted by Gasteiger charge is 2.28. The first-order chi connectivity index (χ1) is 7.11. The average Bonchev–Trinajstić information content (AvgIpc) is 2.19. The molecule has 0 N–H and O–H groups in total. The molecule has 0 aromatic heterocycles. The summed E-state index contributed by atoms with van der Waals surface area (Å²) in [4.78, 5) is 11.4. The summed E-state index contributed by atoms with van der Waals surface area (Å²) in [5.74, 6) is -1.14. The summed E-state index contributed by atoms with van der Waals surface area (Å²) in [6.45, 7) is 0. The number of hydrogen-bond donors (Lipinski definition) is 0. The Morgan fingerprint density at radius 3 is 3.00 bits per heavy atom. The second-order valence-corrected chi connectivity index (χ2v) is 4.06. The van der Waals surface area contributed by atoms with Gasteiger partial charge in [-0.05, 0) is 12.1 Å². The predicted octanol–water partition coefficient (Wildman–Crippen LogP) is 2.19. The number of rotatable bonds is 0. The number of benzene rings is 1. The van der Waals surface area contributed by atoms with Crippen molar-refractivity contribution in [1.29, 1.82) is 5.26 Å². The molecule has 0 saturated carbocycles. The lowest BCUT2D eigenvalue weighted by Gasteiger charge is -2.20. The SMILES string of the molecule is N#CC1Cc2c(F)cc(Br)cc2C(=O)O1. The number of ether oxygens (including phenoxy) is 1. The van der Waals surface area contributed by atoms with Crippen LogP contribution in [-0.4, -0.2) is 12.1 Å². The summed E-state index contributed by atoms with van der Waals surface area (Å²) in [5.41, 5.74) is 0.439. The molecule has 5 heteroatoms. The lowest BCUT2D eigenvalue weighted by atomic mass is 9.98. The number of fused-ring (bicyclic) bond motifs is 1. The average molecular weight is 270 g/mol. The van der Waals surface area contributed by atoms with Crippen LogP contribution in [-0.2, 0) is 11.2 Å². The van der Waals surface area contributed by atoms with Crippen LogP contribution in [0.25, 0.3) is 0 Å². The number of nitrogens with zero attached hydrogens (tertiary/aromatic N) is 1. The molecule has 0 amide bonds. The molecular weight excluding hydrogens is 265 g/mol. The number of esters is 1. The fraction of sp³-hybridized carbons (Fsp3) is 0.200. The number of carbonyl (C=O) groups is 1. The van der Waals surface area contributed by atoms with E-state index in [4.69, 9.17) is 10.00 Å². The molecule has 0 aliphatic carbocycles. The van der Waals surface area contributed by atoms with Crippen LogP contribution in [0.2, 0.25) is 0 Å². The monoisotopic (exact) mass is 269 g/mol. The first-order valence-corrected chi connectivity index (χ1v) is 4.99. The normalized spacial score (nSPS) is 19.0. The number of halogens is 2. The van der Waals surface area contributed by atoms with E-state index in [-0.39, 0.29) is 17.5 Å². The van der Waals surface area contributed by atoms with Crippen LogP contribution in [0.1, 0.15) is 15.9 Å². The third kappa shape index (κ3) is 1.73. The zero-order chi connectivity index (χ0) is 11.0. The molecule has 15 heavy (non-hydrogen) atoms. The maximum absolute atomic E-state index is 13.5. The van der Waals surface area contributed by atoms with E-state index in [9.17, 15) is 9.18 Å². The van der Waals surface area contributed by atoms with Gasteiger partial charge in [0.1, 0.15) is 11.9 Å². The summed E-state index contributed by atoms with van der Waals surface area (Å²) in [5, 5.41) is 8.62. The minimum Gasteiger partial charge on any atom is -0.443 e. The van der Waals surface area contributed by atoms with E-state index >= 15 is 0 Å². The highest BCUT2D eigenvalue weighted by atomic mass is 79.9. The molecule has 0 saturated heterocycles. The smallest absolute Gasteiger partial charge is 0.339 e. The Morgan fingerprint density at radius 2 is 2.33 bits per heavy atom. The molecule has 1 heterocycles. The van der Waals surface area contributed by atoms with Crippen molar-refractivity contribution in [2.75, 3.05) is 0 Å². The zero-order valence-electron chi connectivity index (χ0n) is 7.46. The highest BCUT2D eigenvalue weighted by molar-refractivity contribution is 9.10. The van der Waals surface area contributed by atoms with Crippen molar-refractivity contribution < 1.29 is 13.9 Å². The third-order valence-corrected chi connectivity index (χ3v) is 2.62. The topological polar surface area (TPSA) is 50.1 Å². The van der Waals surface area contributed by atoms with Gasteiger partial charge in [0.15, 0.2) is 6.10 Å². The van der Waals surface area contributed by atoms with Crippen LogP contribution in [0.15, 0.2) is 16.6 Å². The molecule has 1 unspecified atom stereocenters. The molecule has 0 spiro atoms. The minimum absolute atomic E-state index is 0.108. The lowest BCUT2D eigenvalue weighted by molar-refractivity contribution is 0.0367. The van der Waals surface area contributed by atoms with Gasteiger partial charge in [-0.15, -0.1) is 0 Å². The van der Waals surface area contributed by atoms with Gasteiger partial charge in [-0.1, -0.05) is 15.9 Å². The number of nitriles is 1. The van der Waals surface area contributed by atoms with Crippen molar-refractivity contribution >= 4 is 21.9 Å². The van der Waals surface area contributed by atoms with E-state index in [1.807, 2.05) is 0 Å². The van der Waals surface area contributed by atoms with Gasteiger partial charge in [-0.2, -0.15) is 5.26 Å². The number of hydrogen-bond acceptors (Lipinski definition) is 3. The minimum atomic E-state index is -0.888. The summed E-state index contributed by atoms with van der Waals surface area (Å²) in [6, 6.07) is 4.56. The Morgan fingerprint density at radius 1 is 1.60 bits per heavy atom. The molecule has 1 atom stereocenters. The van der Waals surface area contributed by atoms with Crippen LogP contribution in [0.4, 0.5) is 4.39 Å². The van der Waals surface area contributed by atoms with Gasteiger partial charge in [-0.3, -0.25) is 0 Å². The lowest BCUT2D eigenvalue weighted by Crippen LogP contribution is -2.27. The number of cyclic esters (lactones) is 1. The Labute approximate surface area is 93.6 Å².